The first-order chi connectivity index (χ1) is 8.07. The second-order valence-corrected chi connectivity index (χ2v) is 4.84. The number of nitriles is 1. The Bertz CT molecular complexity index is 399. The van der Waals surface area contributed by atoms with Gasteiger partial charge in [0.25, 0.3) is 10.1 Å². The molecule has 7 nitrogen and oxygen atoms in total. The van der Waals surface area contributed by atoms with Gasteiger partial charge in [0.05, 0.1) is 19.0 Å². The Morgan fingerprint density at radius 1 is 1.44 bits per heavy atom. The summed E-state index contributed by atoms with van der Waals surface area (Å²) in [6, 6.07) is 1.60. The molecule has 0 aliphatic heterocycles. The Morgan fingerprint density at radius 2 is 1.89 bits per heavy atom. The zero-order valence-electron chi connectivity index (χ0n) is 10.5. The maximum Gasteiger partial charge on any atom is 0.348 e. The first-order valence-corrected chi connectivity index (χ1v) is 6.73. The van der Waals surface area contributed by atoms with Gasteiger partial charge in [0.2, 0.25) is 0 Å². The SMILES string of the molecule is C=C(C#N)C(=O)OCCOC(C)C.CS(=O)(=O)O. The molecule has 0 amide bonds. The minimum Gasteiger partial charge on any atom is -0.459 e. The molecular formula is C10H17NO6S. The van der Waals surface area contributed by atoms with Crippen LogP contribution in [0, 0.1) is 11.3 Å². The Labute approximate surface area is 107 Å². The van der Waals surface area contributed by atoms with Crippen LogP contribution in [-0.4, -0.2) is 44.5 Å². The molecule has 0 saturated heterocycles. The van der Waals surface area contributed by atoms with Crippen molar-refractivity contribution < 1.29 is 27.2 Å². The highest BCUT2D eigenvalue weighted by atomic mass is 32.2. The van der Waals surface area contributed by atoms with Gasteiger partial charge < -0.3 is 9.47 Å². The van der Waals surface area contributed by atoms with Crippen LogP contribution in [0.1, 0.15) is 13.8 Å². The zero-order chi connectivity index (χ0) is 14.8. The molecule has 8 heteroatoms. The number of carbonyl (C=O) groups is 1. The lowest BCUT2D eigenvalue weighted by atomic mass is 10.3. The first-order valence-electron chi connectivity index (χ1n) is 4.88. The zero-order valence-corrected chi connectivity index (χ0v) is 11.4. The van der Waals surface area contributed by atoms with Crippen LogP contribution in [0.25, 0.3) is 0 Å². The second kappa shape index (κ2) is 9.58. The number of nitrogens with zero attached hydrogens (tertiary/aromatic N) is 1. The van der Waals surface area contributed by atoms with Crippen LogP contribution in [0.2, 0.25) is 0 Å². The summed E-state index contributed by atoms with van der Waals surface area (Å²) in [5.74, 6) is -0.685. The smallest absolute Gasteiger partial charge is 0.348 e. The van der Waals surface area contributed by atoms with E-state index in [-0.39, 0.29) is 18.3 Å². The van der Waals surface area contributed by atoms with E-state index >= 15 is 0 Å². The minimum atomic E-state index is -3.67. The molecule has 1 N–H and O–H groups in total. The van der Waals surface area contributed by atoms with E-state index < -0.39 is 16.1 Å². The van der Waals surface area contributed by atoms with Crippen LogP contribution in [0.15, 0.2) is 12.2 Å². The Balaban J connectivity index is 0. The first kappa shape index (κ1) is 18.9. The van der Waals surface area contributed by atoms with Crippen LogP contribution in [0.5, 0.6) is 0 Å². The molecule has 0 unspecified atom stereocenters. The van der Waals surface area contributed by atoms with Crippen molar-refractivity contribution in [3.63, 3.8) is 0 Å². The molecule has 0 aliphatic carbocycles. The molecule has 0 heterocycles. The molecule has 0 aromatic carbocycles. The highest BCUT2D eigenvalue weighted by Gasteiger charge is 2.06. The monoisotopic (exact) mass is 279 g/mol. The fourth-order valence-electron chi connectivity index (χ4n) is 0.551. The van der Waals surface area contributed by atoms with Crippen LogP contribution in [-0.2, 0) is 24.4 Å². The van der Waals surface area contributed by atoms with E-state index in [9.17, 15) is 13.2 Å². The molecule has 0 bridgehead atoms. The van der Waals surface area contributed by atoms with Crippen molar-refractivity contribution in [3.05, 3.63) is 12.2 Å². The maximum absolute atomic E-state index is 10.8. The lowest BCUT2D eigenvalue weighted by Gasteiger charge is -2.07. The molecule has 0 atom stereocenters. The molecule has 0 saturated carbocycles. The van der Waals surface area contributed by atoms with Crippen molar-refractivity contribution in [1.29, 1.82) is 5.26 Å². The lowest BCUT2D eigenvalue weighted by molar-refractivity contribution is -0.140. The molecule has 104 valence electrons. The summed E-state index contributed by atoms with van der Waals surface area (Å²) in [6.07, 6.45) is 0.824. The Morgan fingerprint density at radius 3 is 2.22 bits per heavy atom. The predicted octanol–water partition coefficient (Wildman–Crippen LogP) is 0.538. The predicted molar refractivity (Wildman–Crippen MR) is 64.3 cm³/mol. The van der Waals surface area contributed by atoms with Gasteiger partial charge in [-0.2, -0.15) is 13.7 Å². The number of carbonyl (C=O) groups excluding carboxylic acids is 1. The molecule has 0 spiro atoms. The summed E-state index contributed by atoms with van der Waals surface area (Å²) in [7, 11) is -3.67. The quantitative estimate of drug-likeness (QED) is 0.257. The van der Waals surface area contributed by atoms with Crippen molar-refractivity contribution in [2.45, 2.75) is 20.0 Å². The topological polar surface area (TPSA) is 114 Å². The van der Waals surface area contributed by atoms with Crippen molar-refractivity contribution in [2.24, 2.45) is 0 Å². The third-order valence-electron chi connectivity index (χ3n) is 1.15. The third-order valence-corrected chi connectivity index (χ3v) is 1.15. The van der Waals surface area contributed by atoms with E-state index in [1.807, 2.05) is 13.8 Å². The van der Waals surface area contributed by atoms with E-state index in [1.54, 1.807) is 6.07 Å². The van der Waals surface area contributed by atoms with Crippen LogP contribution >= 0.6 is 0 Å². The number of esters is 1. The van der Waals surface area contributed by atoms with Crippen molar-refractivity contribution in [1.82, 2.24) is 0 Å². The number of hydrogen-bond acceptors (Lipinski definition) is 6. The van der Waals surface area contributed by atoms with Gasteiger partial charge in [-0.05, 0) is 13.8 Å². The summed E-state index contributed by atoms with van der Waals surface area (Å²) in [5.41, 5.74) is -0.190. The fraction of sp³-hybridized carbons (Fsp3) is 0.600. The summed E-state index contributed by atoms with van der Waals surface area (Å²) in [4.78, 5) is 10.8. The molecule has 0 fully saturated rings. The highest BCUT2D eigenvalue weighted by molar-refractivity contribution is 7.85. The van der Waals surface area contributed by atoms with Gasteiger partial charge in [0, 0.05) is 0 Å². The molecular weight excluding hydrogens is 262 g/mol. The summed E-state index contributed by atoms with van der Waals surface area (Å²) < 4.78 is 35.6. The molecule has 0 aromatic heterocycles. The van der Waals surface area contributed by atoms with Crippen molar-refractivity contribution in [2.75, 3.05) is 19.5 Å². The van der Waals surface area contributed by atoms with Crippen LogP contribution < -0.4 is 0 Å². The van der Waals surface area contributed by atoms with Gasteiger partial charge in [-0.3, -0.25) is 4.55 Å². The van der Waals surface area contributed by atoms with Crippen LogP contribution in [0.3, 0.4) is 0 Å². The van der Waals surface area contributed by atoms with Crippen LogP contribution in [0.4, 0.5) is 0 Å². The molecule has 0 aromatic rings. The highest BCUT2D eigenvalue weighted by Crippen LogP contribution is 1.93. The minimum absolute atomic E-state index is 0.109. The van der Waals surface area contributed by atoms with Gasteiger partial charge in [-0.15, -0.1) is 0 Å². The number of hydrogen-bond donors (Lipinski definition) is 1. The maximum atomic E-state index is 10.8. The molecule has 0 rings (SSSR count). The number of ether oxygens (including phenoxy) is 2. The number of rotatable bonds is 5. The van der Waals surface area contributed by atoms with Crippen molar-refractivity contribution in [3.8, 4) is 6.07 Å². The standard InChI is InChI=1S/C9H13NO3.CH4O3S/c1-7(2)12-4-5-13-9(11)8(3)6-10;1-5(2,3)4/h7H,3-5H2,1-2H3;1H3,(H,2,3,4). The van der Waals surface area contributed by atoms with Gasteiger partial charge in [-0.1, -0.05) is 6.58 Å². The fourth-order valence-corrected chi connectivity index (χ4v) is 0.551. The summed E-state index contributed by atoms with van der Waals surface area (Å²) in [6.45, 7) is 7.47. The van der Waals surface area contributed by atoms with Gasteiger partial charge in [0.1, 0.15) is 18.2 Å². The average Bonchev–Trinajstić information content (AvgIpc) is 2.20. The van der Waals surface area contributed by atoms with Gasteiger partial charge >= 0.3 is 5.97 Å². The van der Waals surface area contributed by atoms with E-state index in [0.717, 1.165) is 0 Å². The van der Waals surface area contributed by atoms with Crippen molar-refractivity contribution >= 4 is 16.1 Å². The average molecular weight is 279 g/mol. The summed E-state index contributed by atoms with van der Waals surface area (Å²) in [5, 5.41) is 8.27. The van der Waals surface area contributed by atoms with E-state index in [2.05, 4.69) is 11.3 Å². The largest absolute Gasteiger partial charge is 0.459 e. The van der Waals surface area contributed by atoms with E-state index in [0.29, 0.717) is 12.9 Å². The van der Waals surface area contributed by atoms with Gasteiger partial charge in [0.15, 0.2) is 0 Å². The second-order valence-electron chi connectivity index (χ2n) is 3.38. The summed E-state index contributed by atoms with van der Waals surface area (Å²) >= 11 is 0. The molecule has 18 heavy (non-hydrogen) atoms. The van der Waals surface area contributed by atoms with Gasteiger partial charge in [-0.25, -0.2) is 4.79 Å². The Kier molecular flexibility index (Phi) is 10.1. The Hall–Kier alpha value is -1.43. The molecule has 0 radical (unpaired) electrons. The van der Waals surface area contributed by atoms with E-state index in [4.69, 9.17) is 14.6 Å². The van der Waals surface area contributed by atoms with E-state index in [1.165, 1.54) is 0 Å². The molecule has 0 aliphatic rings. The third kappa shape index (κ3) is 20.0. The normalized spacial score (nSPS) is 10.0. The lowest BCUT2D eigenvalue weighted by Crippen LogP contribution is -2.13.